The largest absolute Gasteiger partial charge is 0.419 e. The number of halogens is 5. The second kappa shape index (κ2) is 6.11. The smallest absolute Gasteiger partial charge is 0.324 e. The zero-order valence-electron chi connectivity index (χ0n) is 10.7. The zero-order valence-corrected chi connectivity index (χ0v) is 12.2. The number of hydrogen-bond donors (Lipinski definition) is 1. The Labute approximate surface area is 127 Å². The molecule has 2 nitrogen and oxygen atoms in total. The van der Waals surface area contributed by atoms with Crippen molar-refractivity contribution in [2.45, 2.75) is 18.6 Å². The third-order valence-corrected chi connectivity index (χ3v) is 3.37. The first kappa shape index (κ1) is 15.9. The minimum Gasteiger partial charge on any atom is -0.324 e. The Morgan fingerprint density at radius 1 is 1.19 bits per heavy atom. The van der Waals surface area contributed by atoms with Crippen LogP contribution in [0.25, 0.3) is 0 Å². The molecule has 2 N–H and O–H groups in total. The lowest BCUT2D eigenvalue weighted by atomic mass is 9.98. The first-order valence-electron chi connectivity index (χ1n) is 5.99. The molecule has 0 radical (unpaired) electrons. The highest BCUT2D eigenvalue weighted by atomic mass is 79.9. The summed E-state index contributed by atoms with van der Waals surface area (Å²) in [5.74, 6) is -1.30. The summed E-state index contributed by atoms with van der Waals surface area (Å²) in [6, 6.07) is 3.91. The summed E-state index contributed by atoms with van der Waals surface area (Å²) >= 11 is 3.25. The van der Waals surface area contributed by atoms with Crippen LogP contribution in [0.1, 0.15) is 22.7 Å². The van der Waals surface area contributed by atoms with Crippen LogP contribution in [0.15, 0.2) is 41.1 Å². The molecule has 2 rings (SSSR count). The van der Waals surface area contributed by atoms with E-state index < -0.39 is 23.6 Å². The van der Waals surface area contributed by atoms with E-state index >= 15 is 0 Å². The second-order valence-corrected chi connectivity index (χ2v) is 5.47. The van der Waals surface area contributed by atoms with Crippen LogP contribution in [0.5, 0.6) is 0 Å². The fourth-order valence-electron chi connectivity index (χ4n) is 1.93. The van der Waals surface area contributed by atoms with Crippen molar-refractivity contribution in [3.8, 4) is 0 Å². The van der Waals surface area contributed by atoms with E-state index in [1.54, 1.807) is 18.5 Å². The monoisotopic (exact) mass is 362 g/mol. The second-order valence-electron chi connectivity index (χ2n) is 4.56. The molecule has 0 fully saturated rings. The van der Waals surface area contributed by atoms with Crippen LogP contribution in [0.4, 0.5) is 17.6 Å². The molecule has 0 aliphatic carbocycles. The Kier molecular flexibility index (Phi) is 4.63. The fourth-order valence-corrected chi connectivity index (χ4v) is 2.34. The average molecular weight is 363 g/mol. The molecule has 7 heteroatoms. The number of pyridine rings is 1. The molecule has 0 spiro atoms. The molecule has 1 aromatic heterocycles. The van der Waals surface area contributed by atoms with Gasteiger partial charge in [-0.1, -0.05) is 6.07 Å². The third-order valence-electron chi connectivity index (χ3n) is 2.94. The predicted octanol–water partition coefficient (Wildman–Crippen LogP) is 4.24. The van der Waals surface area contributed by atoms with Gasteiger partial charge in [0.25, 0.3) is 0 Å². The van der Waals surface area contributed by atoms with Gasteiger partial charge < -0.3 is 5.73 Å². The van der Waals surface area contributed by atoms with Crippen LogP contribution in [0, 0.1) is 5.82 Å². The van der Waals surface area contributed by atoms with Gasteiger partial charge in [-0.2, -0.15) is 13.2 Å². The topological polar surface area (TPSA) is 38.9 Å². The maximum absolute atomic E-state index is 13.2. The minimum atomic E-state index is -4.74. The van der Waals surface area contributed by atoms with Crippen molar-refractivity contribution in [3.63, 3.8) is 0 Å². The van der Waals surface area contributed by atoms with Gasteiger partial charge in [0.05, 0.1) is 5.56 Å². The summed E-state index contributed by atoms with van der Waals surface area (Å²) in [5, 5.41) is 0. The van der Waals surface area contributed by atoms with E-state index in [1.807, 2.05) is 0 Å². The normalized spacial score (nSPS) is 13.2. The number of aromatic nitrogens is 1. The first-order valence-corrected chi connectivity index (χ1v) is 6.78. The van der Waals surface area contributed by atoms with Crippen LogP contribution < -0.4 is 5.73 Å². The fraction of sp³-hybridized carbons (Fsp3) is 0.214. The number of nitrogens with zero attached hydrogens (tertiary/aromatic N) is 1. The minimum absolute atomic E-state index is 0.226. The molecule has 1 aromatic carbocycles. The van der Waals surface area contributed by atoms with Gasteiger partial charge in [0, 0.05) is 22.9 Å². The Hall–Kier alpha value is -1.47. The van der Waals surface area contributed by atoms with Crippen LogP contribution in [0.2, 0.25) is 0 Å². The summed E-state index contributed by atoms with van der Waals surface area (Å²) in [6.45, 7) is 0. The van der Waals surface area contributed by atoms with E-state index in [0.717, 1.165) is 22.2 Å². The zero-order chi connectivity index (χ0) is 15.6. The van der Waals surface area contributed by atoms with Gasteiger partial charge in [-0.25, -0.2) is 4.39 Å². The quantitative estimate of drug-likeness (QED) is 0.829. The summed E-state index contributed by atoms with van der Waals surface area (Å²) in [4.78, 5) is 3.96. The highest BCUT2D eigenvalue weighted by Crippen LogP contribution is 2.33. The maximum Gasteiger partial charge on any atom is 0.419 e. The van der Waals surface area contributed by atoms with Crippen molar-refractivity contribution in [1.29, 1.82) is 0 Å². The predicted molar refractivity (Wildman–Crippen MR) is 74.0 cm³/mol. The van der Waals surface area contributed by atoms with Gasteiger partial charge in [0.1, 0.15) is 5.82 Å². The number of rotatable bonds is 3. The summed E-state index contributed by atoms with van der Waals surface area (Å²) in [6.07, 6.45) is -1.26. The van der Waals surface area contributed by atoms with Crippen molar-refractivity contribution >= 4 is 15.9 Å². The Morgan fingerprint density at radius 3 is 2.52 bits per heavy atom. The van der Waals surface area contributed by atoms with E-state index in [2.05, 4.69) is 20.9 Å². The molecule has 1 heterocycles. The van der Waals surface area contributed by atoms with Crippen molar-refractivity contribution < 1.29 is 17.6 Å². The van der Waals surface area contributed by atoms with Gasteiger partial charge in [0.2, 0.25) is 0 Å². The van der Waals surface area contributed by atoms with E-state index in [-0.39, 0.29) is 5.56 Å². The molecular weight excluding hydrogens is 352 g/mol. The van der Waals surface area contributed by atoms with E-state index in [0.29, 0.717) is 6.42 Å². The van der Waals surface area contributed by atoms with E-state index in [9.17, 15) is 17.6 Å². The highest BCUT2D eigenvalue weighted by molar-refractivity contribution is 9.10. The van der Waals surface area contributed by atoms with Crippen LogP contribution in [-0.2, 0) is 12.6 Å². The molecule has 21 heavy (non-hydrogen) atoms. The lowest BCUT2D eigenvalue weighted by Gasteiger charge is -2.15. The molecule has 0 saturated heterocycles. The van der Waals surface area contributed by atoms with Crippen LogP contribution in [0.3, 0.4) is 0 Å². The van der Waals surface area contributed by atoms with Gasteiger partial charge >= 0.3 is 6.18 Å². The van der Waals surface area contributed by atoms with Gasteiger partial charge in [-0.15, -0.1) is 0 Å². The molecule has 1 atom stereocenters. The lowest BCUT2D eigenvalue weighted by Crippen LogP contribution is -2.16. The summed E-state index contributed by atoms with van der Waals surface area (Å²) in [5.41, 5.74) is 5.60. The number of hydrogen-bond acceptors (Lipinski definition) is 2. The van der Waals surface area contributed by atoms with E-state index in [4.69, 9.17) is 5.73 Å². The standard InChI is InChI=1S/C14H11BrF4N2/c15-10-3-8(6-21-7-10)4-13(20)9-1-2-12(16)11(5-9)14(17,18)19/h1-3,5-7,13H,4,20H2. The van der Waals surface area contributed by atoms with Crippen molar-refractivity contribution in [2.24, 2.45) is 5.73 Å². The third kappa shape index (κ3) is 4.01. The van der Waals surface area contributed by atoms with Crippen molar-refractivity contribution in [3.05, 3.63) is 63.6 Å². The average Bonchev–Trinajstić information content (AvgIpc) is 2.37. The molecule has 0 saturated carbocycles. The maximum atomic E-state index is 13.2. The Bertz CT molecular complexity index is 643. The lowest BCUT2D eigenvalue weighted by molar-refractivity contribution is -0.140. The number of nitrogens with two attached hydrogens (primary N) is 1. The van der Waals surface area contributed by atoms with Gasteiger partial charge in [0.15, 0.2) is 0 Å². The van der Waals surface area contributed by atoms with Gasteiger partial charge in [-0.3, -0.25) is 4.98 Å². The molecular formula is C14H11BrF4N2. The van der Waals surface area contributed by atoms with Crippen molar-refractivity contribution in [1.82, 2.24) is 4.98 Å². The molecule has 2 aromatic rings. The van der Waals surface area contributed by atoms with E-state index in [1.165, 1.54) is 6.07 Å². The van der Waals surface area contributed by atoms with Crippen LogP contribution >= 0.6 is 15.9 Å². The molecule has 0 amide bonds. The number of benzene rings is 1. The molecule has 1 unspecified atom stereocenters. The summed E-state index contributed by atoms with van der Waals surface area (Å²) in [7, 11) is 0. The van der Waals surface area contributed by atoms with Crippen molar-refractivity contribution in [2.75, 3.05) is 0 Å². The summed E-state index contributed by atoms with van der Waals surface area (Å²) < 4.78 is 52.0. The molecule has 0 aliphatic rings. The SMILES string of the molecule is NC(Cc1cncc(Br)c1)c1ccc(F)c(C(F)(F)F)c1. The Morgan fingerprint density at radius 2 is 1.90 bits per heavy atom. The molecule has 0 bridgehead atoms. The molecule has 0 aliphatic heterocycles. The number of alkyl halides is 3. The van der Waals surface area contributed by atoms with Crippen LogP contribution in [-0.4, -0.2) is 4.98 Å². The first-order chi connectivity index (χ1) is 9.77. The van der Waals surface area contributed by atoms with Gasteiger partial charge in [-0.05, 0) is 51.7 Å². The molecule has 112 valence electrons. The highest BCUT2D eigenvalue weighted by Gasteiger charge is 2.34. The Balaban J connectivity index is 2.25.